The van der Waals surface area contributed by atoms with Gasteiger partial charge in [0.1, 0.15) is 0 Å². The lowest BCUT2D eigenvalue weighted by atomic mass is 9.72. The zero-order valence-electron chi connectivity index (χ0n) is 15.0. The fraction of sp³-hybridized carbons (Fsp3) is 0.500. The zero-order chi connectivity index (χ0) is 17.3. The fourth-order valence-electron chi connectivity index (χ4n) is 3.36. The molecular formula is C20H26N2OS. The van der Waals surface area contributed by atoms with E-state index in [1.165, 1.54) is 16.9 Å². The van der Waals surface area contributed by atoms with Gasteiger partial charge < -0.3 is 4.90 Å². The van der Waals surface area contributed by atoms with Gasteiger partial charge in [-0.1, -0.05) is 26.8 Å². The van der Waals surface area contributed by atoms with Gasteiger partial charge in [-0.25, -0.2) is 0 Å². The lowest BCUT2D eigenvalue weighted by Gasteiger charge is -2.33. The van der Waals surface area contributed by atoms with Crippen molar-refractivity contribution in [1.82, 2.24) is 9.88 Å². The number of fused-ring (bicyclic) bond motifs is 1. The van der Waals surface area contributed by atoms with Gasteiger partial charge in [0.15, 0.2) is 0 Å². The highest BCUT2D eigenvalue weighted by molar-refractivity contribution is 7.14. The molecule has 2 heterocycles. The number of rotatable bonds is 3. The molecule has 128 valence electrons. The number of carbonyl (C=O) groups is 1. The summed E-state index contributed by atoms with van der Waals surface area (Å²) in [6, 6.07) is 7.94. The van der Waals surface area contributed by atoms with Crippen molar-refractivity contribution in [3.63, 3.8) is 0 Å². The molecule has 1 aliphatic rings. The third-order valence-corrected chi connectivity index (χ3v) is 6.22. The SMILES string of the molecule is CN(Cc1ccccn1)C(=O)c1cc2c(s1)CC[C@H](C(C)(C)C)C2. The highest BCUT2D eigenvalue weighted by atomic mass is 32.1. The number of thiophene rings is 1. The molecule has 0 fully saturated rings. The Labute approximate surface area is 148 Å². The van der Waals surface area contributed by atoms with Gasteiger partial charge in [-0.05, 0) is 54.4 Å². The monoisotopic (exact) mass is 342 g/mol. The molecule has 0 N–H and O–H groups in total. The van der Waals surface area contributed by atoms with Crippen molar-refractivity contribution in [2.24, 2.45) is 11.3 Å². The number of aromatic nitrogens is 1. The number of aryl methyl sites for hydroxylation is 1. The van der Waals surface area contributed by atoms with Gasteiger partial charge in [0, 0.05) is 18.1 Å². The molecule has 0 radical (unpaired) electrons. The first kappa shape index (κ1) is 17.2. The quantitative estimate of drug-likeness (QED) is 0.819. The van der Waals surface area contributed by atoms with Gasteiger partial charge in [0.25, 0.3) is 5.91 Å². The van der Waals surface area contributed by atoms with E-state index in [9.17, 15) is 4.79 Å². The Bertz CT molecular complexity index is 715. The number of amides is 1. The molecule has 0 bridgehead atoms. The van der Waals surface area contributed by atoms with E-state index in [2.05, 4.69) is 31.8 Å². The van der Waals surface area contributed by atoms with E-state index >= 15 is 0 Å². The average Bonchev–Trinajstić information content (AvgIpc) is 2.97. The van der Waals surface area contributed by atoms with E-state index in [1.54, 1.807) is 22.4 Å². The Morgan fingerprint density at radius 2 is 2.17 bits per heavy atom. The molecule has 0 saturated heterocycles. The normalized spacial score (nSPS) is 17.4. The standard InChI is InChI=1S/C20H26N2OS/c1-20(2,3)15-8-9-17-14(11-15)12-18(24-17)19(23)22(4)13-16-7-5-6-10-21-16/h5-7,10,12,15H,8-9,11,13H2,1-4H3/t15-/m0/s1. The van der Waals surface area contributed by atoms with Gasteiger partial charge >= 0.3 is 0 Å². The molecule has 0 aromatic carbocycles. The van der Waals surface area contributed by atoms with Crippen LogP contribution < -0.4 is 0 Å². The van der Waals surface area contributed by atoms with Crippen molar-refractivity contribution >= 4 is 17.2 Å². The number of hydrogen-bond donors (Lipinski definition) is 0. The molecular weight excluding hydrogens is 316 g/mol. The number of hydrogen-bond acceptors (Lipinski definition) is 3. The number of pyridine rings is 1. The van der Waals surface area contributed by atoms with E-state index in [-0.39, 0.29) is 5.91 Å². The third-order valence-electron chi connectivity index (χ3n) is 4.99. The van der Waals surface area contributed by atoms with Crippen LogP contribution in [-0.2, 0) is 19.4 Å². The number of nitrogens with zero attached hydrogens (tertiary/aromatic N) is 2. The predicted octanol–water partition coefficient (Wildman–Crippen LogP) is 4.57. The Kier molecular flexibility index (Phi) is 4.77. The fourth-order valence-corrected chi connectivity index (χ4v) is 4.57. The van der Waals surface area contributed by atoms with Crippen LogP contribution in [0.2, 0.25) is 0 Å². The summed E-state index contributed by atoms with van der Waals surface area (Å²) >= 11 is 1.68. The van der Waals surface area contributed by atoms with Crippen LogP contribution in [0, 0.1) is 11.3 Å². The van der Waals surface area contributed by atoms with Crippen molar-refractivity contribution in [1.29, 1.82) is 0 Å². The molecule has 24 heavy (non-hydrogen) atoms. The summed E-state index contributed by atoms with van der Waals surface area (Å²) in [4.78, 5) is 21.1. The van der Waals surface area contributed by atoms with Crippen LogP contribution in [0.3, 0.4) is 0 Å². The molecule has 1 atom stereocenters. The van der Waals surface area contributed by atoms with Gasteiger partial charge in [0.2, 0.25) is 0 Å². The molecule has 2 aromatic rings. The lowest BCUT2D eigenvalue weighted by Crippen LogP contribution is -2.26. The summed E-state index contributed by atoms with van der Waals surface area (Å²) in [5.41, 5.74) is 2.64. The average molecular weight is 343 g/mol. The summed E-state index contributed by atoms with van der Waals surface area (Å²) in [7, 11) is 1.85. The van der Waals surface area contributed by atoms with Gasteiger partial charge in [-0.2, -0.15) is 0 Å². The van der Waals surface area contributed by atoms with Crippen molar-refractivity contribution < 1.29 is 4.79 Å². The first-order chi connectivity index (χ1) is 11.3. The minimum absolute atomic E-state index is 0.104. The smallest absolute Gasteiger partial charge is 0.264 e. The minimum atomic E-state index is 0.104. The molecule has 2 aromatic heterocycles. The van der Waals surface area contributed by atoms with Gasteiger partial charge in [0.05, 0.1) is 17.1 Å². The van der Waals surface area contributed by atoms with Crippen molar-refractivity contribution in [3.05, 3.63) is 51.5 Å². The lowest BCUT2D eigenvalue weighted by molar-refractivity contribution is 0.0788. The van der Waals surface area contributed by atoms with Crippen molar-refractivity contribution in [3.8, 4) is 0 Å². The Morgan fingerprint density at radius 1 is 1.38 bits per heavy atom. The molecule has 0 unspecified atom stereocenters. The van der Waals surface area contributed by atoms with Crippen LogP contribution in [0.15, 0.2) is 30.5 Å². The maximum absolute atomic E-state index is 12.8. The van der Waals surface area contributed by atoms with E-state index < -0.39 is 0 Å². The van der Waals surface area contributed by atoms with Crippen molar-refractivity contribution in [2.75, 3.05) is 7.05 Å². The second kappa shape index (κ2) is 6.67. The van der Waals surface area contributed by atoms with Crippen LogP contribution in [0.4, 0.5) is 0 Å². The Balaban J connectivity index is 1.72. The minimum Gasteiger partial charge on any atom is -0.335 e. The van der Waals surface area contributed by atoms with E-state index in [0.717, 1.165) is 23.4 Å². The second-order valence-corrected chi connectivity index (χ2v) is 8.98. The molecule has 0 spiro atoms. The van der Waals surface area contributed by atoms with Crippen molar-refractivity contribution in [2.45, 2.75) is 46.6 Å². The first-order valence-corrected chi connectivity index (χ1v) is 9.43. The zero-order valence-corrected chi connectivity index (χ0v) is 15.8. The van der Waals surface area contributed by atoms with Crippen LogP contribution in [0.1, 0.15) is 53.0 Å². The van der Waals surface area contributed by atoms with E-state index in [1.807, 2.05) is 25.2 Å². The summed E-state index contributed by atoms with van der Waals surface area (Å²) in [5, 5.41) is 0. The Hall–Kier alpha value is -1.68. The van der Waals surface area contributed by atoms with Crippen LogP contribution in [-0.4, -0.2) is 22.8 Å². The topological polar surface area (TPSA) is 33.2 Å². The Morgan fingerprint density at radius 3 is 2.83 bits per heavy atom. The summed E-state index contributed by atoms with van der Waals surface area (Å²) in [6.07, 6.45) is 5.21. The summed E-state index contributed by atoms with van der Waals surface area (Å²) in [6.45, 7) is 7.51. The first-order valence-electron chi connectivity index (χ1n) is 8.61. The summed E-state index contributed by atoms with van der Waals surface area (Å²) < 4.78 is 0. The van der Waals surface area contributed by atoms with E-state index in [4.69, 9.17) is 0 Å². The third kappa shape index (κ3) is 3.69. The van der Waals surface area contributed by atoms with Crippen LogP contribution in [0.5, 0.6) is 0 Å². The van der Waals surface area contributed by atoms with E-state index in [0.29, 0.717) is 17.9 Å². The molecule has 4 heteroatoms. The molecule has 1 amide bonds. The maximum Gasteiger partial charge on any atom is 0.264 e. The highest BCUT2D eigenvalue weighted by Gasteiger charge is 2.30. The molecule has 3 rings (SSSR count). The summed E-state index contributed by atoms with van der Waals surface area (Å²) in [5.74, 6) is 0.807. The molecule has 0 saturated carbocycles. The molecule has 1 aliphatic carbocycles. The predicted molar refractivity (Wildman–Crippen MR) is 99.3 cm³/mol. The largest absolute Gasteiger partial charge is 0.335 e. The molecule has 0 aliphatic heterocycles. The molecule has 3 nitrogen and oxygen atoms in total. The van der Waals surface area contributed by atoms with Gasteiger partial charge in [-0.15, -0.1) is 11.3 Å². The van der Waals surface area contributed by atoms with Crippen LogP contribution in [0.25, 0.3) is 0 Å². The highest BCUT2D eigenvalue weighted by Crippen LogP contribution is 2.40. The second-order valence-electron chi connectivity index (χ2n) is 7.85. The van der Waals surface area contributed by atoms with Crippen LogP contribution >= 0.6 is 11.3 Å². The number of carbonyl (C=O) groups excluding carboxylic acids is 1. The van der Waals surface area contributed by atoms with Gasteiger partial charge in [-0.3, -0.25) is 9.78 Å². The maximum atomic E-state index is 12.8.